The summed E-state index contributed by atoms with van der Waals surface area (Å²) in [7, 11) is 0. The quantitative estimate of drug-likeness (QED) is 0.0782. The highest BCUT2D eigenvalue weighted by atomic mass is 16.6. The first kappa shape index (κ1) is 32.9. The van der Waals surface area contributed by atoms with Gasteiger partial charge in [0.15, 0.2) is 0 Å². The molecule has 40 heavy (non-hydrogen) atoms. The number of esters is 2. The molecule has 0 radical (unpaired) electrons. The van der Waals surface area contributed by atoms with E-state index in [9.17, 15) is 14.4 Å². The molecule has 0 saturated heterocycles. The molecule has 2 heterocycles. The van der Waals surface area contributed by atoms with Gasteiger partial charge in [0.25, 0.3) is 0 Å². The first-order valence-corrected chi connectivity index (χ1v) is 15.0. The third-order valence-electron chi connectivity index (χ3n) is 6.64. The predicted molar refractivity (Wildman–Crippen MR) is 154 cm³/mol. The Morgan fingerprint density at radius 2 is 1.18 bits per heavy atom. The Bertz CT molecular complexity index is 898. The fraction of sp³-hybridized carbons (Fsp3) is 0.594. The molecule has 0 aliphatic heterocycles. The molecule has 0 atom stereocenters. The summed E-state index contributed by atoms with van der Waals surface area (Å²) < 4.78 is 20.5. The Morgan fingerprint density at radius 1 is 0.700 bits per heavy atom. The molecule has 0 bridgehead atoms. The van der Waals surface area contributed by atoms with Crippen LogP contribution in [0.25, 0.3) is 0 Å². The van der Waals surface area contributed by atoms with E-state index in [1.165, 1.54) is 76.0 Å². The van der Waals surface area contributed by atoms with Crippen molar-refractivity contribution in [2.75, 3.05) is 26.3 Å². The Hall–Kier alpha value is -3.29. The summed E-state index contributed by atoms with van der Waals surface area (Å²) in [4.78, 5) is 38.5. The maximum atomic E-state index is 12.9. The van der Waals surface area contributed by atoms with E-state index < -0.39 is 11.9 Å². The van der Waals surface area contributed by atoms with Crippen LogP contribution in [0.4, 0.5) is 0 Å². The average Bonchev–Trinajstić information content (AvgIpc) is 3.69. The molecule has 222 valence electrons. The molecule has 0 aromatic carbocycles. The largest absolute Gasteiger partial charge is 0.458 e. The van der Waals surface area contributed by atoms with Crippen LogP contribution in [0.1, 0.15) is 118 Å². The molecule has 2 rings (SSSR count). The Labute approximate surface area is 239 Å². The number of amides is 1. The minimum Gasteiger partial charge on any atom is -0.458 e. The van der Waals surface area contributed by atoms with Gasteiger partial charge in [-0.1, -0.05) is 70.4 Å². The van der Waals surface area contributed by atoms with Crippen LogP contribution < -0.4 is 0 Å². The van der Waals surface area contributed by atoms with Crippen molar-refractivity contribution in [3.8, 4) is 0 Å². The molecule has 0 aliphatic rings. The van der Waals surface area contributed by atoms with Gasteiger partial charge in [-0.15, -0.1) is 0 Å². The van der Waals surface area contributed by atoms with Crippen LogP contribution in [0.2, 0.25) is 0 Å². The van der Waals surface area contributed by atoms with Crippen molar-refractivity contribution in [1.29, 1.82) is 0 Å². The summed E-state index contributed by atoms with van der Waals surface area (Å²) in [6.07, 6.45) is 23.4. The van der Waals surface area contributed by atoms with Gasteiger partial charge in [0.2, 0.25) is 17.4 Å². The minimum absolute atomic E-state index is 0.0176. The van der Waals surface area contributed by atoms with E-state index in [0.29, 0.717) is 6.42 Å². The lowest BCUT2D eigenvalue weighted by Crippen LogP contribution is -2.37. The van der Waals surface area contributed by atoms with Gasteiger partial charge < -0.3 is 23.2 Å². The van der Waals surface area contributed by atoms with E-state index in [1.807, 2.05) is 0 Å². The predicted octanol–water partition coefficient (Wildman–Crippen LogP) is 7.75. The molecular formula is C32H47NO7. The molecule has 8 nitrogen and oxygen atoms in total. The van der Waals surface area contributed by atoms with E-state index in [4.69, 9.17) is 18.3 Å². The van der Waals surface area contributed by atoms with Crippen molar-refractivity contribution in [3.63, 3.8) is 0 Å². The minimum atomic E-state index is -0.584. The Morgan fingerprint density at radius 3 is 1.65 bits per heavy atom. The highest BCUT2D eigenvalue weighted by Gasteiger charge is 2.17. The normalized spacial score (nSPS) is 11.1. The average molecular weight is 558 g/mol. The lowest BCUT2D eigenvalue weighted by atomic mass is 10.1. The van der Waals surface area contributed by atoms with E-state index >= 15 is 0 Å². The smallest absolute Gasteiger partial charge is 0.374 e. The number of nitrogens with zero attached hydrogens (tertiary/aromatic N) is 1. The maximum Gasteiger partial charge on any atom is 0.374 e. The highest BCUT2D eigenvalue weighted by molar-refractivity contribution is 5.86. The first-order valence-electron chi connectivity index (χ1n) is 15.0. The van der Waals surface area contributed by atoms with Crippen molar-refractivity contribution in [2.24, 2.45) is 0 Å². The molecule has 8 heteroatoms. The number of unbranched alkanes of at least 4 members (excludes halogenated alkanes) is 11. The number of hydrogen-bond acceptors (Lipinski definition) is 7. The van der Waals surface area contributed by atoms with Gasteiger partial charge in [-0.2, -0.15) is 0 Å². The molecule has 0 aliphatic carbocycles. The summed E-state index contributed by atoms with van der Waals surface area (Å²) in [5.41, 5.74) is 0. The zero-order chi connectivity index (χ0) is 28.7. The first-order chi connectivity index (χ1) is 19.6. The van der Waals surface area contributed by atoms with Crippen molar-refractivity contribution < 1.29 is 32.7 Å². The van der Waals surface area contributed by atoms with Crippen LogP contribution >= 0.6 is 0 Å². The van der Waals surface area contributed by atoms with Crippen LogP contribution in [-0.2, 0) is 14.3 Å². The number of rotatable bonds is 23. The number of furan rings is 2. The zero-order valence-electron chi connectivity index (χ0n) is 24.2. The standard InChI is InChI=1S/C32H47NO7/c1-2-3-4-5-6-7-8-9-10-11-12-13-14-15-16-21-30(34)33(22-26-39-31(35)28-19-17-24-37-28)23-27-40-32(36)29-20-18-25-38-29/h9-10,17-20,24-25H,2-8,11-16,21-23,26-27H2,1H3. The van der Waals surface area contributed by atoms with Gasteiger partial charge in [0.05, 0.1) is 25.6 Å². The van der Waals surface area contributed by atoms with Gasteiger partial charge >= 0.3 is 11.9 Å². The summed E-state index contributed by atoms with van der Waals surface area (Å²) in [5, 5.41) is 0. The maximum absolute atomic E-state index is 12.9. The van der Waals surface area contributed by atoms with E-state index in [1.54, 1.807) is 17.0 Å². The molecule has 0 spiro atoms. The molecule has 0 unspecified atom stereocenters. The summed E-state index contributed by atoms with van der Waals surface area (Å²) in [5.74, 6) is -1.00. The summed E-state index contributed by atoms with van der Waals surface area (Å²) in [6.45, 7) is 2.69. The highest BCUT2D eigenvalue weighted by Crippen LogP contribution is 2.11. The molecule has 0 N–H and O–H groups in total. The lowest BCUT2D eigenvalue weighted by Gasteiger charge is -2.22. The van der Waals surface area contributed by atoms with Crippen molar-refractivity contribution in [1.82, 2.24) is 4.90 Å². The van der Waals surface area contributed by atoms with Gasteiger partial charge in [0.1, 0.15) is 13.2 Å². The van der Waals surface area contributed by atoms with Crippen LogP contribution in [0, 0.1) is 0 Å². The van der Waals surface area contributed by atoms with E-state index in [2.05, 4.69) is 19.1 Å². The van der Waals surface area contributed by atoms with Crippen LogP contribution in [0.15, 0.2) is 57.8 Å². The van der Waals surface area contributed by atoms with Crippen molar-refractivity contribution in [3.05, 3.63) is 60.5 Å². The van der Waals surface area contributed by atoms with Gasteiger partial charge in [0, 0.05) is 6.42 Å². The molecular weight excluding hydrogens is 510 g/mol. The van der Waals surface area contributed by atoms with Gasteiger partial charge in [-0.3, -0.25) is 4.79 Å². The van der Waals surface area contributed by atoms with Crippen molar-refractivity contribution in [2.45, 2.75) is 96.8 Å². The third kappa shape index (κ3) is 14.8. The number of ether oxygens (including phenoxy) is 2. The Balaban J connectivity index is 1.60. The number of carbonyl (C=O) groups is 3. The zero-order valence-corrected chi connectivity index (χ0v) is 24.2. The summed E-state index contributed by atoms with van der Waals surface area (Å²) >= 11 is 0. The lowest BCUT2D eigenvalue weighted by molar-refractivity contribution is -0.132. The molecule has 1 amide bonds. The fourth-order valence-electron chi connectivity index (χ4n) is 4.30. The van der Waals surface area contributed by atoms with Crippen LogP contribution in [-0.4, -0.2) is 49.0 Å². The SMILES string of the molecule is CCCCCCCCC=CCCCCCCCC(=O)N(CCOC(=O)c1ccco1)CCOC(=O)c1ccco1. The second kappa shape index (κ2) is 21.5. The topological polar surface area (TPSA) is 99.2 Å². The Kier molecular flexibility index (Phi) is 17.7. The number of hydrogen-bond donors (Lipinski definition) is 0. The second-order valence-corrected chi connectivity index (χ2v) is 9.94. The van der Waals surface area contributed by atoms with Crippen LogP contribution in [0.5, 0.6) is 0 Å². The fourth-order valence-corrected chi connectivity index (χ4v) is 4.30. The summed E-state index contributed by atoms with van der Waals surface area (Å²) in [6, 6.07) is 6.25. The second-order valence-electron chi connectivity index (χ2n) is 9.94. The van der Waals surface area contributed by atoms with Gasteiger partial charge in [-0.05, 0) is 56.4 Å². The van der Waals surface area contributed by atoms with E-state index in [-0.39, 0.29) is 43.7 Å². The number of allylic oxidation sites excluding steroid dienone is 2. The molecule has 2 aromatic rings. The molecule has 2 aromatic heterocycles. The monoisotopic (exact) mass is 557 g/mol. The van der Waals surface area contributed by atoms with E-state index in [0.717, 1.165) is 32.1 Å². The number of carbonyl (C=O) groups excluding carboxylic acids is 3. The molecule has 0 fully saturated rings. The van der Waals surface area contributed by atoms with Crippen molar-refractivity contribution >= 4 is 17.8 Å². The van der Waals surface area contributed by atoms with Gasteiger partial charge in [-0.25, -0.2) is 9.59 Å². The molecule has 0 saturated carbocycles. The van der Waals surface area contributed by atoms with Crippen LogP contribution in [0.3, 0.4) is 0 Å². The third-order valence-corrected chi connectivity index (χ3v) is 6.64.